The minimum Gasteiger partial charge on any atom is -0.386 e. The molecule has 0 aliphatic rings. The number of hydrogen-bond donors (Lipinski definition) is 6. The number of amides is 6. The Kier molecular flexibility index (Phi) is 56.4. The van der Waals surface area contributed by atoms with Gasteiger partial charge >= 0.3 is 0 Å². The third kappa shape index (κ3) is 57.7. The van der Waals surface area contributed by atoms with Crippen molar-refractivity contribution in [3.8, 4) is 0 Å². The number of primary amides is 2. The fraction of sp³-hybridized carbons (Fsp3) is 0.750. The lowest BCUT2D eigenvalue weighted by molar-refractivity contribution is -0.126. The van der Waals surface area contributed by atoms with E-state index in [4.69, 9.17) is 54.2 Å². The molecule has 22 nitrogen and oxygen atoms in total. The number of allylic oxidation sites excluding steroid dienone is 2. The minimum atomic E-state index is -0.349. The predicted molar refractivity (Wildman–Crippen MR) is 286 cm³/mol. The number of carbonyl (C=O) groups excluding carboxylic acids is 6. The zero-order chi connectivity index (χ0) is 54.3. The van der Waals surface area contributed by atoms with Gasteiger partial charge in [0.25, 0.3) is 5.91 Å². The summed E-state index contributed by atoms with van der Waals surface area (Å²) in [6.45, 7) is 16.5. The van der Waals surface area contributed by atoms with Crippen molar-refractivity contribution >= 4 is 41.2 Å². The van der Waals surface area contributed by atoms with Gasteiger partial charge in [-0.25, -0.2) is 0 Å². The predicted octanol–water partition coefficient (Wildman–Crippen LogP) is 3.45. The first-order chi connectivity index (χ1) is 35.3. The number of nitrogens with one attached hydrogen (secondary N) is 4. The molecule has 22 heteroatoms. The van der Waals surface area contributed by atoms with Crippen molar-refractivity contribution < 1.29 is 74.4 Å². The van der Waals surface area contributed by atoms with E-state index in [1.54, 1.807) is 32.9 Å². The number of nitrogens with two attached hydrogens (primary N) is 2. The second kappa shape index (κ2) is 57.1. The van der Waals surface area contributed by atoms with Crippen LogP contribution in [0, 0.1) is 11.8 Å². The third-order valence-electron chi connectivity index (χ3n) is 9.69. The van der Waals surface area contributed by atoms with E-state index in [2.05, 4.69) is 49.3 Å². The Balaban J connectivity index is -0.00000140. The Bertz CT molecular complexity index is 1650. The molecule has 0 fully saturated rings. The molecule has 0 radical (unpaired) electrons. The molecule has 0 saturated carbocycles. The van der Waals surface area contributed by atoms with Crippen LogP contribution in [0.25, 0.3) is 0 Å². The van der Waals surface area contributed by atoms with Gasteiger partial charge in [0.05, 0.1) is 111 Å². The minimum absolute atomic E-state index is 0. The molecule has 8 N–H and O–H groups in total. The van der Waals surface area contributed by atoms with Gasteiger partial charge in [-0.1, -0.05) is 50.7 Å². The molecule has 0 aliphatic carbocycles. The van der Waals surface area contributed by atoms with E-state index >= 15 is 0 Å². The molecule has 0 unspecified atom stereocenters. The number of carbonyl (C=O) groups is 6. The van der Waals surface area contributed by atoms with Gasteiger partial charge in [0, 0.05) is 60.1 Å². The average molecular weight is 1060 g/mol. The van der Waals surface area contributed by atoms with E-state index < -0.39 is 0 Å². The number of oxime groups is 1. The second-order valence-electron chi connectivity index (χ2n) is 16.1. The van der Waals surface area contributed by atoms with E-state index in [-0.39, 0.29) is 83.4 Å². The fourth-order valence-corrected chi connectivity index (χ4v) is 5.34. The largest absolute Gasteiger partial charge is 0.386 e. The van der Waals surface area contributed by atoms with E-state index in [0.717, 1.165) is 38.5 Å². The van der Waals surface area contributed by atoms with Gasteiger partial charge in [0.1, 0.15) is 0 Å². The van der Waals surface area contributed by atoms with Crippen molar-refractivity contribution in [2.75, 3.05) is 138 Å². The second-order valence-corrected chi connectivity index (χ2v) is 16.1. The number of hydrogen-bond acceptors (Lipinski definition) is 16. The first-order valence-electron chi connectivity index (χ1n) is 25.3. The van der Waals surface area contributed by atoms with Gasteiger partial charge < -0.3 is 75.5 Å². The monoisotopic (exact) mass is 1060 g/mol. The van der Waals surface area contributed by atoms with Crippen molar-refractivity contribution in [3.05, 3.63) is 35.1 Å². The van der Waals surface area contributed by atoms with Gasteiger partial charge in [-0.3, -0.25) is 28.8 Å². The van der Waals surface area contributed by atoms with Crippen LogP contribution in [0.2, 0.25) is 0 Å². The molecule has 2 atom stereocenters. The first kappa shape index (κ1) is 73.1. The maximum atomic E-state index is 12.1. The molecule has 0 aromatic carbocycles. The topological polar surface area (TPSA) is 298 Å². The highest BCUT2D eigenvalue weighted by atomic mass is 16.6. The first-order valence-corrected chi connectivity index (χ1v) is 25.3. The lowest BCUT2D eigenvalue weighted by Gasteiger charge is -2.09. The molecule has 0 heterocycles. The van der Waals surface area contributed by atoms with Gasteiger partial charge in [0.15, 0.2) is 6.61 Å². The summed E-state index contributed by atoms with van der Waals surface area (Å²) in [6, 6.07) is 0. The summed E-state index contributed by atoms with van der Waals surface area (Å²) in [5.74, 6) is -1.56. The highest BCUT2D eigenvalue weighted by Crippen LogP contribution is 2.07. The SMILES string of the molecule is C.C/C(CCC(=O)NCCOCCOCCOCCOCCC(=O)NCCCC[C@H](C)C(N)=O)=N/OCC(=O)NCCOCCOCCOCCOCCC(=O)NCCCC[C@H](C)C(N)=O.CC=C=C=C=C=CC.[HH].[HH]. The van der Waals surface area contributed by atoms with Crippen LogP contribution >= 0.6 is 0 Å². The standard InChI is InChI=1S/C43H81N7O15.C8H8.CH4.2H2/c1-35(42(44)55)8-4-6-14-46-39(52)12-18-57-22-26-61-30-32-63-28-24-59-20-16-48-38(51)11-10-37(3)50-65-34-41(54)49-17-21-60-25-29-64-33-31-62-27-23-58-19-13-40(53)47-15-7-5-9-36(2)43(45)56;1-3-5-7-8-6-4-2;;;/h35-36H,4-34H2,1-3H3,(H2,44,55)(H2,45,56)(H,46,52)(H,47,53)(H,48,51)(H,49,54);3-4H,1-2H3;1H4;2*1H/b50-37-;;;;/t35-,36-;;;;/m0..../s1. The molecule has 0 aliphatic heterocycles. The molecule has 74 heavy (non-hydrogen) atoms. The summed E-state index contributed by atoms with van der Waals surface area (Å²) in [7, 11) is 0. The van der Waals surface area contributed by atoms with Gasteiger partial charge in [-0.2, -0.15) is 0 Å². The summed E-state index contributed by atoms with van der Waals surface area (Å²) < 4.78 is 43.5. The van der Waals surface area contributed by atoms with Gasteiger partial charge in [-0.05, 0) is 76.5 Å². The highest BCUT2D eigenvalue weighted by Gasteiger charge is 2.10. The lowest BCUT2D eigenvalue weighted by atomic mass is 10.0. The van der Waals surface area contributed by atoms with Crippen LogP contribution in [0.4, 0.5) is 0 Å². The van der Waals surface area contributed by atoms with Crippen molar-refractivity contribution in [2.45, 2.75) is 106 Å². The fourth-order valence-electron chi connectivity index (χ4n) is 5.34. The molecule has 430 valence electrons. The van der Waals surface area contributed by atoms with Crippen molar-refractivity contribution in [2.24, 2.45) is 28.5 Å². The number of rotatable bonds is 48. The Morgan fingerprint density at radius 2 is 0.797 bits per heavy atom. The van der Waals surface area contributed by atoms with E-state index in [9.17, 15) is 28.8 Å². The van der Waals surface area contributed by atoms with E-state index in [1.165, 1.54) is 0 Å². The van der Waals surface area contributed by atoms with E-state index in [0.29, 0.717) is 144 Å². The van der Waals surface area contributed by atoms with Crippen LogP contribution < -0.4 is 32.7 Å². The summed E-state index contributed by atoms with van der Waals surface area (Å²) in [5.41, 5.74) is 21.8. The summed E-state index contributed by atoms with van der Waals surface area (Å²) in [6.07, 6.45) is 9.35. The van der Waals surface area contributed by atoms with Crippen LogP contribution in [-0.4, -0.2) is 180 Å². The average Bonchev–Trinajstić information content (AvgIpc) is 3.36. The summed E-state index contributed by atoms with van der Waals surface area (Å²) in [5, 5.41) is 15.0. The Hall–Kier alpha value is -5.17. The van der Waals surface area contributed by atoms with Crippen molar-refractivity contribution in [1.82, 2.24) is 21.3 Å². The molecule has 0 rings (SSSR count). The molecule has 0 bridgehead atoms. The van der Waals surface area contributed by atoms with Gasteiger partial charge in [0.2, 0.25) is 29.5 Å². The Labute approximate surface area is 444 Å². The number of nitrogens with zero attached hydrogens (tertiary/aromatic N) is 1. The van der Waals surface area contributed by atoms with Crippen molar-refractivity contribution in [3.63, 3.8) is 0 Å². The van der Waals surface area contributed by atoms with Crippen LogP contribution in [0.5, 0.6) is 0 Å². The third-order valence-corrected chi connectivity index (χ3v) is 9.69. The van der Waals surface area contributed by atoms with Crippen LogP contribution in [0.1, 0.15) is 109 Å². The molecular formula is C52H97N7O15. The molecular weight excluding hydrogens is 963 g/mol. The lowest BCUT2D eigenvalue weighted by Crippen LogP contribution is -2.30. The maximum Gasteiger partial charge on any atom is 0.260 e. The maximum absolute atomic E-state index is 12.1. The highest BCUT2D eigenvalue weighted by molar-refractivity contribution is 5.86. The van der Waals surface area contributed by atoms with E-state index in [1.807, 2.05) is 13.8 Å². The molecule has 0 aromatic rings. The summed E-state index contributed by atoms with van der Waals surface area (Å²) >= 11 is 0. The zero-order valence-electron chi connectivity index (χ0n) is 44.5. The normalized spacial score (nSPS) is 11.3. The quantitative estimate of drug-likeness (QED) is 0.0220. The molecule has 6 amide bonds. The van der Waals surface area contributed by atoms with Crippen LogP contribution in [-0.2, 0) is 71.5 Å². The van der Waals surface area contributed by atoms with Crippen LogP contribution in [0.3, 0.4) is 0 Å². The molecule has 0 aromatic heterocycles. The zero-order valence-corrected chi connectivity index (χ0v) is 44.5. The number of unbranched alkanes of at least 4 members (excludes halogenated alkanes) is 2. The van der Waals surface area contributed by atoms with Crippen molar-refractivity contribution in [1.29, 1.82) is 0 Å². The van der Waals surface area contributed by atoms with Gasteiger partial charge in [-0.15, -0.1) is 0 Å². The Morgan fingerprint density at radius 1 is 0.473 bits per heavy atom. The smallest absolute Gasteiger partial charge is 0.260 e. The Morgan fingerprint density at radius 3 is 1.16 bits per heavy atom. The molecule has 0 saturated heterocycles. The molecule has 0 spiro atoms. The van der Waals surface area contributed by atoms with Crippen LogP contribution in [0.15, 0.2) is 40.2 Å². The number of ether oxygens (including phenoxy) is 8. The summed E-state index contributed by atoms with van der Waals surface area (Å²) in [4.78, 5) is 74.8.